The van der Waals surface area contributed by atoms with Crippen LogP contribution in [-0.2, 0) is 0 Å². The number of hydrogen-bond acceptors (Lipinski definition) is 0. The van der Waals surface area contributed by atoms with Crippen LogP contribution in [0.5, 0.6) is 0 Å². The van der Waals surface area contributed by atoms with E-state index >= 15 is 0 Å². The molecule has 0 aromatic heterocycles. The van der Waals surface area contributed by atoms with Crippen molar-refractivity contribution >= 4 is 11.3 Å². The van der Waals surface area contributed by atoms with Crippen molar-refractivity contribution < 1.29 is 5.32 Å². The number of fused-ring (bicyclic) bond motifs is 1. The largest absolute Gasteiger partial charge is 0.287 e. The number of allylic oxidation sites excluding steroid dienone is 1. The maximum absolute atomic E-state index is 2.21. The van der Waals surface area contributed by atoms with Gasteiger partial charge in [-0.3, -0.25) is 5.32 Å². The molecule has 2 N–H and O–H groups in total. The van der Waals surface area contributed by atoms with Gasteiger partial charge in [-0.05, 0) is 12.5 Å². The van der Waals surface area contributed by atoms with E-state index in [1.54, 1.807) is 0 Å². The Balaban J connectivity index is 2.48. The number of nitrogens with two attached hydrogens (primary N) is 1. The van der Waals surface area contributed by atoms with Crippen molar-refractivity contribution in [3.63, 3.8) is 0 Å². The van der Waals surface area contributed by atoms with E-state index < -0.39 is 0 Å². The first kappa shape index (κ1) is 6.62. The van der Waals surface area contributed by atoms with Gasteiger partial charge in [0.1, 0.15) is 11.9 Å². The van der Waals surface area contributed by atoms with Crippen LogP contribution in [0.3, 0.4) is 0 Å². The summed E-state index contributed by atoms with van der Waals surface area (Å²) in [6.45, 7) is 2.20. The lowest BCUT2D eigenvalue weighted by Gasteiger charge is -1.95. The van der Waals surface area contributed by atoms with Gasteiger partial charge in [0.15, 0.2) is 0 Å². The minimum Gasteiger partial charge on any atom is -0.287 e. The molecule has 0 saturated carbocycles. The molecule has 0 bridgehead atoms. The number of rotatable bonds is 1. The average Bonchev–Trinajstić information content (AvgIpc) is 2.47. The van der Waals surface area contributed by atoms with Gasteiger partial charge in [-0.15, -0.1) is 0 Å². The van der Waals surface area contributed by atoms with Crippen LogP contribution in [-0.4, -0.2) is 0 Å². The van der Waals surface area contributed by atoms with Gasteiger partial charge in [0.05, 0.1) is 0 Å². The molecule has 1 heteroatoms. The Labute approximate surface area is 66.7 Å². The highest BCUT2D eigenvalue weighted by Crippen LogP contribution is 2.25. The molecule has 1 aromatic rings. The molecule has 0 saturated heterocycles. The first-order valence-corrected chi connectivity index (χ1v) is 4.05. The summed E-state index contributed by atoms with van der Waals surface area (Å²) in [6, 6.07) is 8.53. The quantitative estimate of drug-likeness (QED) is 0.580. The van der Waals surface area contributed by atoms with Crippen molar-refractivity contribution in [2.75, 3.05) is 0 Å². The summed E-state index contributed by atoms with van der Waals surface area (Å²) in [4.78, 5) is 0. The lowest BCUT2D eigenvalue weighted by Crippen LogP contribution is -2.69. The normalized spacial score (nSPS) is 14.5. The number of hydrogen-bond donors (Lipinski definition) is 1. The molecule has 0 aliphatic carbocycles. The van der Waals surface area contributed by atoms with Gasteiger partial charge < -0.3 is 0 Å². The minimum absolute atomic E-state index is 1.13. The van der Waals surface area contributed by atoms with E-state index in [9.17, 15) is 0 Å². The van der Waals surface area contributed by atoms with Crippen LogP contribution in [0.25, 0.3) is 5.57 Å². The Hall–Kier alpha value is -1.08. The fourth-order valence-corrected chi connectivity index (χ4v) is 1.52. The van der Waals surface area contributed by atoms with Gasteiger partial charge in [0.25, 0.3) is 0 Å². The van der Waals surface area contributed by atoms with E-state index in [0.29, 0.717) is 0 Å². The summed E-state index contributed by atoms with van der Waals surface area (Å²) in [5.74, 6) is 0. The molecule has 0 atom stereocenters. The molecule has 0 radical (unpaired) electrons. The second-order valence-corrected chi connectivity index (χ2v) is 2.80. The molecular formula is C10H12N+. The van der Waals surface area contributed by atoms with Gasteiger partial charge in [-0.1, -0.05) is 19.1 Å². The van der Waals surface area contributed by atoms with Gasteiger partial charge in [-0.25, -0.2) is 0 Å². The van der Waals surface area contributed by atoms with E-state index in [1.165, 1.54) is 16.8 Å². The maximum Gasteiger partial charge on any atom is 0.141 e. The molecule has 2 rings (SSSR count). The van der Waals surface area contributed by atoms with Gasteiger partial charge >= 0.3 is 0 Å². The standard InChI is InChI=1S/C10H11N/c1-2-8-7-11-10-6-4-3-5-9(8)10/h3-7,11H,2H2,1H3/p+1. The Bertz CT molecular complexity index is 299. The number of para-hydroxylation sites is 1. The SMILES string of the molecule is CCC1=C[NH2+]c2ccccc21. The van der Waals surface area contributed by atoms with Crippen molar-refractivity contribution in [3.05, 3.63) is 36.0 Å². The van der Waals surface area contributed by atoms with E-state index in [0.717, 1.165) is 6.42 Å². The van der Waals surface area contributed by atoms with Gasteiger partial charge in [0, 0.05) is 17.2 Å². The molecule has 1 nitrogen and oxygen atoms in total. The number of benzene rings is 1. The smallest absolute Gasteiger partial charge is 0.141 e. The molecule has 1 aliphatic heterocycles. The zero-order valence-corrected chi connectivity index (χ0v) is 6.67. The second-order valence-electron chi connectivity index (χ2n) is 2.80. The van der Waals surface area contributed by atoms with Crippen LogP contribution in [0.2, 0.25) is 0 Å². The predicted octanol–water partition coefficient (Wildman–Crippen LogP) is 1.65. The first-order chi connectivity index (χ1) is 5.42. The van der Waals surface area contributed by atoms with E-state index in [1.807, 2.05) is 0 Å². The third-order valence-electron chi connectivity index (χ3n) is 2.15. The van der Waals surface area contributed by atoms with Crippen LogP contribution < -0.4 is 5.32 Å². The summed E-state index contributed by atoms with van der Waals surface area (Å²) in [5.41, 5.74) is 4.24. The van der Waals surface area contributed by atoms with Gasteiger partial charge in [-0.2, -0.15) is 0 Å². The summed E-state index contributed by atoms with van der Waals surface area (Å²) >= 11 is 0. The van der Waals surface area contributed by atoms with E-state index in [-0.39, 0.29) is 0 Å². The highest BCUT2D eigenvalue weighted by Gasteiger charge is 2.14. The molecule has 56 valence electrons. The fourth-order valence-electron chi connectivity index (χ4n) is 1.52. The number of quaternary nitrogens is 1. The van der Waals surface area contributed by atoms with Crippen molar-refractivity contribution in [1.82, 2.24) is 0 Å². The van der Waals surface area contributed by atoms with Crippen LogP contribution in [0.1, 0.15) is 18.9 Å². The highest BCUT2D eigenvalue weighted by molar-refractivity contribution is 5.74. The van der Waals surface area contributed by atoms with E-state index in [4.69, 9.17) is 0 Å². The summed E-state index contributed by atoms with van der Waals surface area (Å²) in [5, 5.41) is 2.19. The molecular weight excluding hydrogens is 134 g/mol. The third kappa shape index (κ3) is 0.976. The fraction of sp³-hybridized carbons (Fsp3) is 0.200. The Kier molecular flexibility index (Phi) is 1.51. The minimum atomic E-state index is 1.13. The molecule has 0 fully saturated rings. The summed E-state index contributed by atoms with van der Waals surface area (Å²) in [7, 11) is 0. The zero-order chi connectivity index (χ0) is 7.68. The molecule has 11 heavy (non-hydrogen) atoms. The summed E-state index contributed by atoms with van der Waals surface area (Å²) in [6.07, 6.45) is 3.35. The van der Waals surface area contributed by atoms with E-state index in [2.05, 4.69) is 42.7 Å². The second kappa shape index (κ2) is 2.51. The van der Waals surface area contributed by atoms with Gasteiger partial charge in [0.2, 0.25) is 0 Å². The van der Waals surface area contributed by atoms with Crippen molar-refractivity contribution in [1.29, 1.82) is 0 Å². The average molecular weight is 146 g/mol. The Morgan fingerprint density at radius 1 is 1.27 bits per heavy atom. The Morgan fingerprint density at radius 3 is 2.91 bits per heavy atom. The molecule has 0 amide bonds. The van der Waals surface area contributed by atoms with Crippen molar-refractivity contribution in [2.45, 2.75) is 13.3 Å². The highest BCUT2D eigenvalue weighted by atomic mass is 14.9. The zero-order valence-electron chi connectivity index (χ0n) is 6.67. The monoisotopic (exact) mass is 146 g/mol. The summed E-state index contributed by atoms with van der Waals surface area (Å²) < 4.78 is 0. The molecule has 1 aromatic carbocycles. The van der Waals surface area contributed by atoms with Crippen molar-refractivity contribution in [2.24, 2.45) is 0 Å². The molecule has 1 aliphatic rings. The maximum atomic E-state index is 2.21. The third-order valence-corrected chi connectivity index (χ3v) is 2.15. The van der Waals surface area contributed by atoms with Crippen LogP contribution in [0.4, 0.5) is 5.69 Å². The first-order valence-electron chi connectivity index (χ1n) is 4.05. The lowest BCUT2D eigenvalue weighted by molar-refractivity contribution is -0.491. The topological polar surface area (TPSA) is 16.6 Å². The van der Waals surface area contributed by atoms with Crippen LogP contribution >= 0.6 is 0 Å². The molecule has 1 heterocycles. The van der Waals surface area contributed by atoms with Crippen molar-refractivity contribution in [3.8, 4) is 0 Å². The molecule has 0 spiro atoms. The van der Waals surface area contributed by atoms with Crippen LogP contribution in [0.15, 0.2) is 30.5 Å². The Morgan fingerprint density at radius 2 is 2.09 bits per heavy atom. The van der Waals surface area contributed by atoms with Crippen LogP contribution in [0, 0.1) is 0 Å². The lowest BCUT2D eigenvalue weighted by atomic mass is 10.1. The predicted molar refractivity (Wildman–Crippen MR) is 46.3 cm³/mol. The molecule has 0 unspecified atom stereocenters.